The minimum Gasteiger partial charge on any atom is -0.377 e. The van der Waals surface area contributed by atoms with Gasteiger partial charge in [-0.2, -0.15) is 0 Å². The van der Waals surface area contributed by atoms with Crippen LogP contribution in [0, 0.1) is 0 Å². The summed E-state index contributed by atoms with van der Waals surface area (Å²) in [6, 6.07) is 5.79. The molecular weight excluding hydrogens is 318 g/mol. The van der Waals surface area contributed by atoms with Crippen molar-refractivity contribution in [2.45, 2.75) is 32.8 Å². The Morgan fingerprint density at radius 3 is 2.72 bits per heavy atom. The fraction of sp³-hybridized carbons (Fsp3) is 0.611. The summed E-state index contributed by atoms with van der Waals surface area (Å²) in [7, 11) is 3.46. The maximum Gasteiger partial charge on any atom is 0.244 e. The number of hydrogen-bond donors (Lipinski definition) is 2. The molecule has 0 saturated carbocycles. The van der Waals surface area contributed by atoms with Gasteiger partial charge in [0.1, 0.15) is 6.54 Å². The van der Waals surface area contributed by atoms with E-state index < -0.39 is 0 Å². The smallest absolute Gasteiger partial charge is 0.244 e. The molecule has 0 bridgehead atoms. The standard InChI is InChI=1S/C18H31N5O2/c1-6-19-17(22-14-18(2,3)25-5)21-13-16(24)23(4)12-10-15-9-7-8-11-20-15/h7-9,11H,6,10,12-14H2,1-5H3,(H2,19,21,22). The molecule has 0 unspecified atom stereocenters. The zero-order valence-electron chi connectivity index (χ0n) is 16.0. The molecule has 1 amide bonds. The van der Waals surface area contributed by atoms with Crippen LogP contribution in [0.5, 0.6) is 0 Å². The van der Waals surface area contributed by atoms with Crippen molar-refractivity contribution in [3.8, 4) is 0 Å². The van der Waals surface area contributed by atoms with Crippen LogP contribution in [0.3, 0.4) is 0 Å². The van der Waals surface area contributed by atoms with Gasteiger partial charge in [-0.15, -0.1) is 0 Å². The molecule has 2 N–H and O–H groups in total. The molecule has 25 heavy (non-hydrogen) atoms. The van der Waals surface area contributed by atoms with Crippen molar-refractivity contribution in [1.29, 1.82) is 0 Å². The highest BCUT2D eigenvalue weighted by molar-refractivity contribution is 5.84. The molecule has 0 aliphatic heterocycles. The van der Waals surface area contributed by atoms with E-state index in [2.05, 4.69) is 20.6 Å². The summed E-state index contributed by atoms with van der Waals surface area (Å²) in [4.78, 5) is 22.6. The number of methoxy groups -OCH3 is 1. The van der Waals surface area contributed by atoms with E-state index in [4.69, 9.17) is 4.74 Å². The monoisotopic (exact) mass is 349 g/mol. The Hall–Kier alpha value is -2.15. The lowest BCUT2D eigenvalue weighted by Gasteiger charge is -2.24. The van der Waals surface area contributed by atoms with Gasteiger partial charge in [-0.05, 0) is 32.9 Å². The van der Waals surface area contributed by atoms with Crippen LogP contribution in [0.25, 0.3) is 0 Å². The van der Waals surface area contributed by atoms with Crippen molar-refractivity contribution in [3.63, 3.8) is 0 Å². The molecule has 0 aromatic carbocycles. The molecule has 0 spiro atoms. The van der Waals surface area contributed by atoms with Gasteiger partial charge in [0.25, 0.3) is 0 Å². The predicted octanol–water partition coefficient (Wildman–Crippen LogP) is 1.06. The van der Waals surface area contributed by atoms with Crippen molar-refractivity contribution in [3.05, 3.63) is 30.1 Å². The number of guanidine groups is 1. The van der Waals surface area contributed by atoms with Crippen LogP contribution < -0.4 is 10.6 Å². The molecule has 0 fully saturated rings. The molecule has 1 aromatic rings. The number of nitrogens with zero attached hydrogens (tertiary/aromatic N) is 3. The molecule has 0 atom stereocenters. The Morgan fingerprint density at radius 1 is 1.36 bits per heavy atom. The highest BCUT2D eigenvalue weighted by Gasteiger charge is 2.16. The Balaban J connectivity index is 2.49. The maximum absolute atomic E-state index is 12.2. The van der Waals surface area contributed by atoms with Crippen LogP contribution in [-0.4, -0.2) is 67.7 Å². The topological polar surface area (TPSA) is 78.9 Å². The van der Waals surface area contributed by atoms with Crippen LogP contribution in [0.15, 0.2) is 29.4 Å². The van der Waals surface area contributed by atoms with Crippen LogP contribution in [0.4, 0.5) is 0 Å². The fourth-order valence-corrected chi connectivity index (χ4v) is 1.93. The SMILES string of the molecule is CCNC(=NCC(=O)N(C)CCc1ccccn1)NCC(C)(C)OC. The third-order valence-electron chi connectivity index (χ3n) is 3.81. The Morgan fingerprint density at radius 2 is 2.12 bits per heavy atom. The van der Waals surface area contributed by atoms with Gasteiger partial charge in [0.15, 0.2) is 5.96 Å². The van der Waals surface area contributed by atoms with E-state index in [0.29, 0.717) is 19.0 Å². The van der Waals surface area contributed by atoms with Crippen LogP contribution in [0.1, 0.15) is 26.5 Å². The normalized spacial score (nSPS) is 12.0. The molecule has 1 rings (SSSR count). The summed E-state index contributed by atoms with van der Waals surface area (Å²) >= 11 is 0. The lowest BCUT2D eigenvalue weighted by atomic mass is 10.1. The maximum atomic E-state index is 12.2. The highest BCUT2D eigenvalue weighted by atomic mass is 16.5. The fourth-order valence-electron chi connectivity index (χ4n) is 1.93. The number of carbonyl (C=O) groups excluding carboxylic acids is 1. The van der Waals surface area contributed by atoms with Gasteiger partial charge in [0.05, 0.1) is 5.60 Å². The number of pyridine rings is 1. The second-order valence-corrected chi connectivity index (χ2v) is 6.40. The Labute approximate surface area is 150 Å². The van der Waals surface area contributed by atoms with E-state index in [9.17, 15) is 4.79 Å². The lowest BCUT2D eigenvalue weighted by Crippen LogP contribution is -2.45. The van der Waals surface area contributed by atoms with E-state index in [-0.39, 0.29) is 18.1 Å². The minimum atomic E-state index is -0.306. The molecule has 0 aliphatic carbocycles. The van der Waals surface area contributed by atoms with E-state index in [1.807, 2.05) is 39.0 Å². The number of rotatable bonds is 9. The first-order valence-electron chi connectivity index (χ1n) is 8.59. The number of likely N-dealkylation sites (N-methyl/N-ethyl adjacent to an activating group) is 1. The average molecular weight is 349 g/mol. The number of nitrogens with one attached hydrogen (secondary N) is 2. The zero-order chi connectivity index (χ0) is 18.7. The van der Waals surface area contributed by atoms with Crippen molar-refractivity contribution in [2.75, 3.05) is 40.3 Å². The number of amides is 1. The zero-order valence-corrected chi connectivity index (χ0v) is 16.0. The van der Waals surface area contributed by atoms with Crippen LogP contribution in [-0.2, 0) is 16.0 Å². The molecule has 1 aromatic heterocycles. The number of hydrogen-bond acceptors (Lipinski definition) is 4. The van der Waals surface area contributed by atoms with Gasteiger partial charge < -0.3 is 20.3 Å². The van der Waals surface area contributed by atoms with Gasteiger partial charge in [0, 0.05) is 52.1 Å². The van der Waals surface area contributed by atoms with Crippen LogP contribution >= 0.6 is 0 Å². The summed E-state index contributed by atoms with van der Waals surface area (Å²) in [5.74, 6) is 0.582. The van der Waals surface area contributed by atoms with Gasteiger partial charge in [-0.1, -0.05) is 6.07 Å². The van der Waals surface area contributed by atoms with E-state index in [0.717, 1.165) is 18.7 Å². The summed E-state index contributed by atoms with van der Waals surface area (Å²) in [6.45, 7) is 8.00. The number of aliphatic imine (C=N–C) groups is 1. The molecule has 7 nitrogen and oxygen atoms in total. The second-order valence-electron chi connectivity index (χ2n) is 6.40. The van der Waals surface area contributed by atoms with Gasteiger partial charge in [-0.25, -0.2) is 4.99 Å². The van der Waals surface area contributed by atoms with E-state index >= 15 is 0 Å². The summed E-state index contributed by atoms with van der Waals surface area (Å²) in [6.07, 6.45) is 2.49. The second kappa shape index (κ2) is 10.7. The largest absolute Gasteiger partial charge is 0.377 e. The number of ether oxygens (including phenoxy) is 1. The van der Waals surface area contributed by atoms with Gasteiger partial charge >= 0.3 is 0 Å². The molecule has 7 heteroatoms. The molecule has 0 saturated heterocycles. The molecule has 1 heterocycles. The Kier molecular flexibility index (Phi) is 8.91. The summed E-state index contributed by atoms with van der Waals surface area (Å²) in [5.41, 5.74) is 0.669. The summed E-state index contributed by atoms with van der Waals surface area (Å²) in [5, 5.41) is 6.33. The van der Waals surface area contributed by atoms with Crippen molar-refractivity contribution >= 4 is 11.9 Å². The number of carbonyl (C=O) groups is 1. The van der Waals surface area contributed by atoms with Crippen molar-refractivity contribution < 1.29 is 9.53 Å². The van der Waals surface area contributed by atoms with E-state index in [1.165, 1.54) is 0 Å². The first kappa shape index (κ1) is 20.9. The first-order chi connectivity index (χ1) is 11.9. The molecule has 0 aliphatic rings. The third-order valence-corrected chi connectivity index (χ3v) is 3.81. The predicted molar refractivity (Wildman–Crippen MR) is 101 cm³/mol. The number of aromatic nitrogens is 1. The quantitative estimate of drug-likeness (QED) is 0.515. The molecular formula is C18H31N5O2. The highest BCUT2D eigenvalue weighted by Crippen LogP contribution is 2.04. The van der Waals surface area contributed by atoms with Gasteiger partial charge in [0.2, 0.25) is 5.91 Å². The van der Waals surface area contributed by atoms with Gasteiger partial charge in [-0.3, -0.25) is 9.78 Å². The van der Waals surface area contributed by atoms with Crippen LogP contribution in [0.2, 0.25) is 0 Å². The average Bonchev–Trinajstić information content (AvgIpc) is 2.62. The lowest BCUT2D eigenvalue weighted by molar-refractivity contribution is -0.128. The van der Waals surface area contributed by atoms with Crippen molar-refractivity contribution in [1.82, 2.24) is 20.5 Å². The third kappa shape index (κ3) is 8.49. The van der Waals surface area contributed by atoms with E-state index in [1.54, 1.807) is 25.3 Å². The van der Waals surface area contributed by atoms with Crippen molar-refractivity contribution in [2.24, 2.45) is 4.99 Å². The molecule has 0 radical (unpaired) electrons. The first-order valence-corrected chi connectivity index (χ1v) is 8.59. The Bertz CT molecular complexity index is 546. The minimum absolute atomic E-state index is 0.0286. The summed E-state index contributed by atoms with van der Waals surface area (Å²) < 4.78 is 5.38. The molecule has 140 valence electrons.